The standard InChI is InChI=1S/C20H21ClN4O4/c1-13-6-7-15(12-18(13)25(28)29)20(27)22-17-5-3-4-16(21)19(17)24-10-8-23(9-11-24)14(2)26/h3-7,12H,8-11H2,1-2H3,(H,22,27). The predicted octanol–water partition coefficient (Wildman–Crippen LogP) is 3.48. The summed E-state index contributed by atoms with van der Waals surface area (Å²) >= 11 is 6.42. The van der Waals surface area contributed by atoms with E-state index in [4.69, 9.17) is 11.6 Å². The topological polar surface area (TPSA) is 95.8 Å². The zero-order chi connectivity index (χ0) is 21.1. The van der Waals surface area contributed by atoms with E-state index in [1.165, 1.54) is 13.0 Å². The van der Waals surface area contributed by atoms with Gasteiger partial charge in [0.05, 0.1) is 21.3 Å². The molecule has 9 heteroatoms. The SMILES string of the molecule is CC(=O)N1CCN(c2c(Cl)cccc2NC(=O)c2ccc(C)c([N+](=O)[O-])c2)CC1. The van der Waals surface area contributed by atoms with Gasteiger partial charge in [-0.05, 0) is 25.1 Å². The van der Waals surface area contributed by atoms with Crippen LogP contribution in [0.25, 0.3) is 0 Å². The van der Waals surface area contributed by atoms with Crippen LogP contribution in [0.5, 0.6) is 0 Å². The molecule has 2 aromatic rings. The maximum absolute atomic E-state index is 12.7. The highest BCUT2D eigenvalue weighted by molar-refractivity contribution is 6.34. The summed E-state index contributed by atoms with van der Waals surface area (Å²) in [6.07, 6.45) is 0. The highest BCUT2D eigenvalue weighted by Crippen LogP contribution is 2.35. The number of para-hydroxylation sites is 1. The number of amides is 2. The zero-order valence-electron chi connectivity index (χ0n) is 16.1. The Labute approximate surface area is 173 Å². The van der Waals surface area contributed by atoms with E-state index in [0.717, 1.165) is 0 Å². The molecule has 0 aliphatic carbocycles. The number of nitro benzene ring substituents is 1. The summed E-state index contributed by atoms with van der Waals surface area (Å²) in [7, 11) is 0. The molecule has 1 fully saturated rings. The molecule has 1 aliphatic heterocycles. The molecule has 0 radical (unpaired) electrons. The highest BCUT2D eigenvalue weighted by Gasteiger charge is 2.23. The molecular formula is C20H21ClN4O4. The van der Waals surface area contributed by atoms with Crippen LogP contribution < -0.4 is 10.2 Å². The first kappa shape index (κ1) is 20.6. The van der Waals surface area contributed by atoms with Crippen molar-refractivity contribution in [2.45, 2.75) is 13.8 Å². The molecule has 2 aromatic carbocycles. The maximum atomic E-state index is 12.7. The van der Waals surface area contributed by atoms with Crippen LogP contribution in [0.15, 0.2) is 36.4 Å². The van der Waals surface area contributed by atoms with Crippen LogP contribution in [0.2, 0.25) is 5.02 Å². The summed E-state index contributed by atoms with van der Waals surface area (Å²) in [6.45, 7) is 5.47. The molecule has 2 amide bonds. The molecule has 1 N–H and O–H groups in total. The average Bonchev–Trinajstić information content (AvgIpc) is 2.68. The third kappa shape index (κ3) is 4.48. The van der Waals surface area contributed by atoms with Gasteiger partial charge in [0.25, 0.3) is 11.6 Å². The summed E-state index contributed by atoms with van der Waals surface area (Å²) in [4.78, 5) is 38.7. The number of carbonyl (C=O) groups is 2. The van der Waals surface area contributed by atoms with Crippen molar-refractivity contribution in [1.29, 1.82) is 0 Å². The van der Waals surface area contributed by atoms with E-state index in [2.05, 4.69) is 5.32 Å². The lowest BCUT2D eigenvalue weighted by Gasteiger charge is -2.37. The fourth-order valence-corrected chi connectivity index (χ4v) is 3.62. The minimum atomic E-state index is -0.508. The summed E-state index contributed by atoms with van der Waals surface area (Å²) in [6, 6.07) is 9.56. The van der Waals surface area contributed by atoms with E-state index >= 15 is 0 Å². The Morgan fingerprint density at radius 2 is 1.83 bits per heavy atom. The van der Waals surface area contributed by atoms with Crippen molar-refractivity contribution in [3.8, 4) is 0 Å². The van der Waals surface area contributed by atoms with Gasteiger partial charge in [-0.1, -0.05) is 23.7 Å². The van der Waals surface area contributed by atoms with Gasteiger partial charge in [0, 0.05) is 50.3 Å². The average molecular weight is 417 g/mol. The van der Waals surface area contributed by atoms with Crippen molar-refractivity contribution in [3.05, 3.63) is 62.7 Å². The first-order valence-corrected chi connectivity index (χ1v) is 9.51. The first-order valence-electron chi connectivity index (χ1n) is 9.13. The number of anilines is 2. The molecule has 0 saturated carbocycles. The van der Waals surface area contributed by atoms with E-state index < -0.39 is 10.8 Å². The number of nitrogens with one attached hydrogen (secondary N) is 1. The van der Waals surface area contributed by atoms with Crippen LogP contribution >= 0.6 is 11.6 Å². The van der Waals surface area contributed by atoms with E-state index in [-0.39, 0.29) is 17.2 Å². The van der Waals surface area contributed by atoms with Crippen molar-refractivity contribution in [2.24, 2.45) is 0 Å². The summed E-state index contributed by atoms with van der Waals surface area (Å²) in [5.74, 6) is -0.433. The minimum Gasteiger partial charge on any atom is -0.365 e. The van der Waals surface area contributed by atoms with Crippen LogP contribution in [0.4, 0.5) is 17.1 Å². The molecule has 0 aromatic heterocycles. The molecular weight excluding hydrogens is 396 g/mol. The molecule has 0 unspecified atom stereocenters. The summed E-state index contributed by atoms with van der Waals surface area (Å²) in [5, 5.41) is 14.5. The lowest BCUT2D eigenvalue weighted by molar-refractivity contribution is -0.385. The molecule has 0 spiro atoms. The Morgan fingerprint density at radius 3 is 2.45 bits per heavy atom. The van der Waals surface area contributed by atoms with Crippen molar-refractivity contribution < 1.29 is 14.5 Å². The van der Waals surface area contributed by atoms with Crippen molar-refractivity contribution in [2.75, 3.05) is 36.4 Å². The number of piperazine rings is 1. The van der Waals surface area contributed by atoms with Gasteiger partial charge in [-0.2, -0.15) is 0 Å². The van der Waals surface area contributed by atoms with Gasteiger partial charge >= 0.3 is 0 Å². The van der Waals surface area contributed by atoms with Crippen molar-refractivity contribution in [1.82, 2.24) is 4.90 Å². The van der Waals surface area contributed by atoms with Crippen LogP contribution in [0.1, 0.15) is 22.8 Å². The quantitative estimate of drug-likeness (QED) is 0.608. The molecule has 8 nitrogen and oxygen atoms in total. The van der Waals surface area contributed by atoms with Gasteiger partial charge in [0.1, 0.15) is 0 Å². The van der Waals surface area contributed by atoms with Crippen LogP contribution in [0.3, 0.4) is 0 Å². The van der Waals surface area contributed by atoms with Crippen LogP contribution in [0, 0.1) is 17.0 Å². The van der Waals surface area contributed by atoms with Gasteiger partial charge in [-0.3, -0.25) is 19.7 Å². The van der Waals surface area contributed by atoms with E-state index in [9.17, 15) is 19.7 Å². The van der Waals surface area contributed by atoms with Crippen molar-refractivity contribution >= 4 is 40.5 Å². The molecule has 152 valence electrons. The van der Waals surface area contributed by atoms with Crippen LogP contribution in [-0.2, 0) is 4.79 Å². The summed E-state index contributed by atoms with van der Waals surface area (Å²) in [5.41, 5.74) is 1.76. The van der Waals surface area contributed by atoms with Gasteiger partial charge in [-0.15, -0.1) is 0 Å². The lowest BCUT2D eigenvalue weighted by atomic mass is 10.1. The molecule has 1 aliphatic rings. The summed E-state index contributed by atoms with van der Waals surface area (Å²) < 4.78 is 0. The molecule has 0 atom stereocenters. The normalized spacial score (nSPS) is 13.9. The van der Waals surface area contributed by atoms with Crippen molar-refractivity contribution in [3.63, 3.8) is 0 Å². The second kappa shape index (κ2) is 8.48. The minimum absolute atomic E-state index is 0.0262. The lowest BCUT2D eigenvalue weighted by Crippen LogP contribution is -2.48. The Bertz CT molecular complexity index is 971. The molecule has 0 bridgehead atoms. The third-order valence-corrected chi connectivity index (χ3v) is 5.25. The number of carbonyl (C=O) groups excluding carboxylic acids is 2. The second-order valence-electron chi connectivity index (χ2n) is 6.84. The fourth-order valence-electron chi connectivity index (χ4n) is 3.32. The Morgan fingerprint density at radius 1 is 1.14 bits per heavy atom. The molecule has 29 heavy (non-hydrogen) atoms. The predicted molar refractivity (Wildman–Crippen MR) is 112 cm³/mol. The number of aryl methyl sites for hydroxylation is 1. The Balaban J connectivity index is 1.84. The molecule has 3 rings (SSSR count). The van der Waals surface area contributed by atoms with E-state index in [1.54, 1.807) is 42.2 Å². The van der Waals surface area contributed by atoms with Crippen LogP contribution in [-0.4, -0.2) is 47.8 Å². The number of halogens is 1. The molecule has 1 saturated heterocycles. The second-order valence-corrected chi connectivity index (χ2v) is 7.25. The monoisotopic (exact) mass is 416 g/mol. The highest BCUT2D eigenvalue weighted by atomic mass is 35.5. The number of nitrogens with zero attached hydrogens (tertiary/aromatic N) is 3. The van der Waals surface area contributed by atoms with E-state index in [0.29, 0.717) is 48.1 Å². The largest absolute Gasteiger partial charge is 0.365 e. The van der Waals surface area contributed by atoms with Gasteiger partial charge in [-0.25, -0.2) is 0 Å². The van der Waals surface area contributed by atoms with E-state index in [1.807, 2.05) is 4.90 Å². The zero-order valence-corrected chi connectivity index (χ0v) is 16.9. The number of nitro groups is 1. The number of hydrogen-bond donors (Lipinski definition) is 1. The third-order valence-electron chi connectivity index (χ3n) is 4.94. The first-order chi connectivity index (χ1) is 13.8. The Hall–Kier alpha value is -3.13. The smallest absolute Gasteiger partial charge is 0.273 e. The Kier molecular flexibility index (Phi) is 6.03. The maximum Gasteiger partial charge on any atom is 0.273 e. The fraction of sp³-hybridized carbons (Fsp3) is 0.300. The van der Waals surface area contributed by atoms with Gasteiger partial charge < -0.3 is 15.1 Å². The van der Waals surface area contributed by atoms with Gasteiger partial charge in [0.2, 0.25) is 5.91 Å². The molecule has 1 heterocycles. The number of hydrogen-bond acceptors (Lipinski definition) is 5. The number of rotatable bonds is 4. The number of benzene rings is 2. The van der Waals surface area contributed by atoms with Gasteiger partial charge in [0.15, 0.2) is 0 Å².